The lowest BCUT2D eigenvalue weighted by Crippen LogP contribution is -2.40. The number of hydrogen-bond acceptors (Lipinski definition) is 2. The van der Waals surface area contributed by atoms with Gasteiger partial charge in [0.1, 0.15) is 5.75 Å². The summed E-state index contributed by atoms with van der Waals surface area (Å²) in [6.07, 6.45) is 8.85. The Bertz CT molecular complexity index is 490. The third-order valence-corrected chi connectivity index (χ3v) is 4.71. The van der Waals surface area contributed by atoms with Crippen molar-refractivity contribution < 1.29 is 9.53 Å². The maximum absolute atomic E-state index is 12.6. The second kappa shape index (κ2) is 6.50. The van der Waals surface area contributed by atoms with Crippen LogP contribution in [0.3, 0.4) is 0 Å². The minimum absolute atomic E-state index is 0.354. The number of nitrogens with zero attached hydrogens (tertiary/aromatic N) is 1. The van der Waals surface area contributed by atoms with Crippen molar-refractivity contribution >= 4 is 5.91 Å². The van der Waals surface area contributed by atoms with Crippen LogP contribution in [-0.2, 0) is 11.2 Å². The van der Waals surface area contributed by atoms with Gasteiger partial charge in [0.15, 0.2) is 0 Å². The zero-order valence-electron chi connectivity index (χ0n) is 12.9. The number of methoxy groups -OCH3 is 1. The van der Waals surface area contributed by atoms with Crippen LogP contribution in [0.1, 0.15) is 50.5 Å². The standard InChI is InChI=1S/C18H25NO2/c1-21-17-8-4-5-14(13-17)9-12-18(20)19(16-10-11-16)15-6-2-3-7-15/h4-5,8,13,15-16H,2-3,6-7,9-12H2,1H3. The zero-order valence-corrected chi connectivity index (χ0v) is 12.9. The first kappa shape index (κ1) is 14.4. The van der Waals surface area contributed by atoms with E-state index in [1.54, 1.807) is 7.11 Å². The van der Waals surface area contributed by atoms with Gasteiger partial charge >= 0.3 is 0 Å². The minimum atomic E-state index is 0.354. The highest BCUT2D eigenvalue weighted by Crippen LogP contribution is 2.35. The molecule has 2 saturated carbocycles. The number of aryl methyl sites for hydroxylation is 1. The summed E-state index contributed by atoms with van der Waals surface area (Å²) in [6, 6.07) is 9.12. The summed E-state index contributed by atoms with van der Waals surface area (Å²) in [5.41, 5.74) is 1.19. The minimum Gasteiger partial charge on any atom is -0.497 e. The fraction of sp³-hybridized carbons (Fsp3) is 0.611. The summed E-state index contributed by atoms with van der Waals surface area (Å²) in [5, 5.41) is 0. The van der Waals surface area contributed by atoms with Crippen molar-refractivity contribution in [1.82, 2.24) is 4.90 Å². The Morgan fingerprint density at radius 2 is 1.90 bits per heavy atom. The number of amides is 1. The van der Waals surface area contributed by atoms with E-state index in [0.717, 1.165) is 12.2 Å². The molecule has 0 aromatic heterocycles. The molecule has 0 atom stereocenters. The second-order valence-electron chi connectivity index (χ2n) is 6.32. The molecule has 0 unspecified atom stereocenters. The van der Waals surface area contributed by atoms with Gasteiger partial charge in [0.05, 0.1) is 7.11 Å². The molecular weight excluding hydrogens is 262 g/mol. The first-order chi connectivity index (χ1) is 10.3. The third kappa shape index (κ3) is 3.58. The molecular formula is C18H25NO2. The van der Waals surface area contributed by atoms with Crippen LogP contribution in [0, 0.1) is 0 Å². The van der Waals surface area contributed by atoms with Crippen molar-refractivity contribution in [2.75, 3.05) is 7.11 Å². The van der Waals surface area contributed by atoms with Crippen LogP contribution in [-0.4, -0.2) is 30.0 Å². The van der Waals surface area contributed by atoms with Crippen molar-refractivity contribution in [2.45, 2.75) is 63.5 Å². The maximum Gasteiger partial charge on any atom is 0.223 e. The Kier molecular flexibility index (Phi) is 4.47. The van der Waals surface area contributed by atoms with E-state index in [1.165, 1.54) is 44.1 Å². The molecule has 3 rings (SSSR count). The summed E-state index contributed by atoms with van der Waals surface area (Å²) < 4.78 is 5.24. The van der Waals surface area contributed by atoms with Gasteiger partial charge in [-0.15, -0.1) is 0 Å². The quantitative estimate of drug-likeness (QED) is 0.800. The molecule has 0 spiro atoms. The van der Waals surface area contributed by atoms with E-state index >= 15 is 0 Å². The number of hydrogen-bond donors (Lipinski definition) is 0. The lowest BCUT2D eigenvalue weighted by molar-refractivity contribution is -0.134. The highest BCUT2D eigenvalue weighted by Gasteiger charge is 2.37. The summed E-state index contributed by atoms with van der Waals surface area (Å²) in [5.74, 6) is 1.22. The smallest absolute Gasteiger partial charge is 0.223 e. The number of carbonyl (C=O) groups is 1. The lowest BCUT2D eigenvalue weighted by Gasteiger charge is -2.29. The van der Waals surface area contributed by atoms with Gasteiger partial charge in [-0.2, -0.15) is 0 Å². The fourth-order valence-electron chi connectivity index (χ4n) is 3.45. The lowest BCUT2D eigenvalue weighted by atomic mass is 10.1. The van der Waals surface area contributed by atoms with Crippen LogP contribution < -0.4 is 4.74 Å². The van der Waals surface area contributed by atoms with E-state index < -0.39 is 0 Å². The van der Waals surface area contributed by atoms with Crippen molar-refractivity contribution in [3.8, 4) is 5.75 Å². The number of rotatable bonds is 6. The molecule has 1 aromatic carbocycles. The topological polar surface area (TPSA) is 29.5 Å². The largest absolute Gasteiger partial charge is 0.497 e. The molecule has 1 aromatic rings. The Morgan fingerprint density at radius 1 is 1.19 bits per heavy atom. The SMILES string of the molecule is COc1cccc(CCC(=O)N(C2CCCC2)C2CC2)c1. The summed E-state index contributed by atoms with van der Waals surface area (Å²) >= 11 is 0. The van der Waals surface area contributed by atoms with E-state index in [4.69, 9.17) is 4.74 Å². The summed E-state index contributed by atoms with van der Waals surface area (Å²) in [7, 11) is 1.68. The molecule has 2 aliphatic carbocycles. The van der Waals surface area contributed by atoms with Gasteiger partial charge in [0.25, 0.3) is 0 Å². The molecule has 21 heavy (non-hydrogen) atoms. The third-order valence-electron chi connectivity index (χ3n) is 4.71. The van der Waals surface area contributed by atoms with Crippen LogP contribution in [0.5, 0.6) is 5.75 Å². The molecule has 2 fully saturated rings. The van der Waals surface area contributed by atoms with E-state index in [9.17, 15) is 4.79 Å². The highest BCUT2D eigenvalue weighted by atomic mass is 16.5. The molecule has 0 saturated heterocycles. The average molecular weight is 287 g/mol. The first-order valence-electron chi connectivity index (χ1n) is 8.22. The maximum atomic E-state index is 12.6. The van der Waals surface area contributed by atoms with Crippen LogP contribution in [0.25, 0.3) is 0 Å². The van der Waals surface area contributed by atoms with E-state index in [-0.39, 0.29) is 0 Å². The molecule has 0 N–H and O–H groups in total. The van der Waals surface area contributed by atoms with Gasteiger partial charge in [-0.1, -0.05) is 25.0 Å². The predicted molar refractivity (Wildman–Crippen MR) is 83.4 cm³/mol. The Balaban J connectivity index is 1.58. The Morgan fingerprint density at radius 3 is 2.57 bits per heavy atom. The number of carbonyl (C=O) groups excluding carboxylic acids is 1. The monoisotopic (exact) mass is 287 g/mol. The molecule has 0 bridgehead atoms. The molecule has 114 valence electrons. The van der Waals surface area contributed by atoms with Gasteiger partial charge in [0, 0.05) is 18.5 Å². The normalized spacial score (nSPS) is 18.7. The van der Waals surface area contributed by atoms with Crippen LogP contribution in [0.2, 0.25) is 0 Å². The molecule has 2 aliphatic rings. The van der Waals surface area contributed by atoms with E-state index in [1.807, 2.05) is 18.2 Å². The van der Waals surface area contributed by atoms with Crippen LogP contribution in [0.4, 0.5) is 0 Å². The predicted octanol–water partition coefficient (Wildman–Crippen LogP) is 3.56. The van der Waals surface area contributed by atoms with Gasteiger partial charge in [0.2, 0.25) is 5.91 Å². The number of benzene rings is 1. The van der Waals surface area contributed by atoms with Crippen molar-refractivity contribution in [3.63, 3.8) is 0 Å². The molecule has 0 radical (unpaired) electrons. The van der Waals surface area contributed by atoms with Gasteiger partial charge in [-0.05, 0) is 49.8 Å². The summed E-state index contributed by atoms with van der Waals surface area (Å²) in [6.45, 7) is 0. The van der Waals surface area contributed by atoms with E-state index in [2.05, 4.69) is 11.0 Å². The van der Waals surface area contributed by atoms with Crippen molar-refractivity contribution in [1.29, 1.82) is 0 Å². The fourth-order valence-corrected chi connectivity index (χ4v) is 3.45. The van der Waals surface area contributed by atoms with Gasteiger partial charge in [-0.3, -0.25) is 4.79 Å². The zero-order chi connectivity index (χ0) is 14.7. The average Bonchev–Trinajstić information content (AvgIpc) is 3.20. The highest BCUT2D eigenvalue weighted by molar-refractivity contribution is 5.77. The number of ether oxygens (including phenoxy) is 1. The Hall–Kier alpha value is -1.51. The van der Waals surface area contributed by atoms with Gasteiger partial charge < -0.3 is 9.64 Å². The summed E-state index contributed by atoms with van der Waals surface area (Å²) in [4.78, 5) is 14.9. The molecule has 3 heteroatoms. The Labute approximate surface area is 127 Å². The second-order valence-corrected chi connectivity index (χ2v) is 6.32. The van der Waals surface area contributed by atoms with E-state index in [0.29, 0.717) is 24.4 Å². The first-order valence-corrected chi connectivity index (χ1v) is 8.22. The molecule has 0 aliphatic heterocycles. The van der Waals surface area contributed by atoms with Crippen LogP contribution in [0.15, 0.2) is 24.3 Å². The molecule has 1 amide bonds. The van der Waals surface area contributed by atoms with Crippen molar-refractivity contribution in [2.24, 2.45) is 0 Å². The molecule has 0 heterocycles. The van der Waals surface area contributed by atoms with Crippen LogP contribution >= 0.6 is 0 Å². The van der Waals surface area contributed by atoms with Gasteiger partial charge in [-0.25, -0.2) is 0 Å². The molecule has 3 nitrogen and oxygen atoms in total. The van der Waals surface area contributed by atoms with Crippen molar-refractivity contribution in [3.05, 3.63) is 29.8 Å².